The summed E-state index contributed by atoms with van der Waals surface area (Å²) in [5, 5.41) is 13.7. The number of methoxy groups -OCH3 is 1. The van der Waals surface area contributed by atoms with Gasteiger partial charge >= 0.3 is 0 Å². The maximum atomic E-state index is 12.0. The van der Waals surface area contributed by atoms with Crippen LogP contribution in [0.4, 0.5) is 5.95 Å². The van der Waals surface area contributed by atoms with E-state index in [0.29, 0.717) is 16.9 Å². The minimum Gasteiger partial charge on any atom is -0.497 e. The zero-order valence-corrected chi connectivity index (χ0v) is 12.6. The monoisotopic (exact) mass is 311 g/mol. The van der Waals surface area contributed by atoms with Crippen molar-refractivity contribution in [2.75, 3.05) is 19.0 Å². The molecule has 0 radical (unpaired) electrons. The summed E-state index contributed by atoms with van der Waals surface area (Å²) >= 11 is 0. The van der Waals surface area contributed by atoms with Crippen LogP contribution in [0.5, 0.6) is 5.75 Å². The van der Waals surface area contributed by atoms with Crippen LogP contribution < -0.4 is 15.6 Å². The molecule has 1 aromatic heterocycles. The summed E-state index contributed by atoms with van der Waals surface area (Å²) in [7, 11) is 1.59. The maximum absolute atomic E-state index is 12.0. The molecule has 0 saturated carbocycles. The van der Waals surface area contributed by atoms with E-state index in [4.69, 9.17) is 4.74 Å². The molecule has 0 bridgehead atoms. The zero-order chi connectivity index (χ0) is 16.2. The first kappa shape index (κ1) is 15.1. The lowest BCUT2D eigenvalue weighted by Gasteiger charge is -2.13. The number of ether oxygens (including phenoxy) is 1. The summed E-state index contributed by atoms with van der Waals surface area (Å²) in [4.78, 5) is 19.0. The number of rotatable bonds is 5. The maximum Gasteiger partial charge on any atom is 0.260 e. The Hall–Kier alpha value is -2.86. The van der Waals surface area contributed by atoms with Crippen molar-refractivity contribution in [3.63, 3.8) is 0 Å². The first-order valence-corrected chi connectivity index (χ1v) is 7.22. The second-order valence-corrected chi connectivity index (χ2v) is 5.10. The second-order valence-electron chi connectivity index (χ2n) is 5.10. The predicted molar refractivity (Wildman–Crippen MR) is 88.8 cm³/mol. The van der Waals surface area contributed by atoms with E-state index in [1.165, 1.54) is 0 Å². The minimum absolute atomic E-state index is 0.211. The highest BCUT2D eigenvalue weighted by Gasteiger charge is 2.09. The molecule has 0 spiro atoms. The molecule has 0 aliphatic rings. The highest BCUT2D eigenvalue weighted by atomic mass is 16.5. The van der Waals surface area contributed by atoms with Crippen molar-refractivity contribution in [2.24, 2.45) is 0 Å². The molecule has 0 aliphatic heterocycles. The summed E-state index contributed by atoms with van der Waals surface area (Å²) < 4.78 is 5.09. The van der Waals surface area contributed by atoms with Crippen LogP contribution in [0.1, 0.15) is 11.7 Å². The Morgan fingerprint density at radius 1 is 1.22 bits per heavy atom. The molecule has 6 heteroatoms. The smallest absolute Gasteiger partial charge is 0.260 e. The molecule has 1 heterocycles. The Kier molecular flexibility index (Phi) is 4.25. The molecule has 1 atom stereocenters. The van der Waals surface area contributed by atoms with Gasteiger partial charge in [-0.05, 0) is 29.8 Å². The van der Waals surface area contributed by atoms with Crippen LogP contribution in [0, 0.1) is 0 Å². The fraction of sp³-hybridized carbons (Fsp3) is 0.176. The average Bonchev–Trinajstić information content (AvgIpc) is 2.60. The van der Waals surface area contributed by atoms with Gasteiger partial charge in [-0.1, -0.05) is 24.3 Å². The van der Waals surface area contributed by atoms with Crippen molar-refractivity contribution < 1.29 is 9.84 Å². The Bertz CT molecular complexity index is 859. The quantitative estimate of drug-likeness (QED) is 0.671. The molecule has 3 rings (SSSR count). The number of aliphatic hydroxyl groups is 1. The van der Waals surface area contributed by atoms with Crippen LogP contribution in [0.2, 0.25) is 0 Å². The van der Waals surface area contributed by atoms with Crippen molar-refractivity contribution in [3.8, 4) is 5.75 Å². The van der Waals surface area contributed by atoms with E-state index in [0.717, 1.165) is 11.3 Å². The van der Waals surface area contributed by atoms with Gasteiger partial charge in [0, 0.05) is 6.54 Å². The summed E-state index contributed by atoms with van der Waals surface area (Å²) in [6.45, 7) is 0.230. The molecule has 3 aromatic rings. The van der Waals surface area contributed by atoms with E-state index in [2.05, 4.69) is 15.3 Å². The number of para-hydroxylation sites is 1. The number of nitrogens with one attached hydrogen (secondary N) is 2. The van der Waals surface area contributed by atoms with Gasteiger partial charge in [-0.15, -0.1) is 0 Å². The first-order valence-electron chi connectivity index (χ1n) is 7.22. The third-order valence-corrected chi connectivity index (χ3v) is 3.58. The molecule has 6 nitrogen and oxygen atoms in total. The predicted octanol–water partition coefficient (Wildman–Crippen LogP) is 2.08. The van der Waals surface area contributed by atoms with Gasteiger partial charge in [0.05, 0.1) is 24.1 Å². The molecule has 0 aliphatic carbocycles. The van der Waals surface area contributed by atoms with Gasteiger partial charge in [0.2, 0.25) is 5.95 Å². The third-order valence-electron chi connectivity index (χ3n) is 3.58. The van der Waals surface area contributed by atoms with Gasteiger partial charge in [0.1, 0.15) is 5.75 Å². The summed E-state index contributed by atoms with van der Waals surface area (Å²) in [5.74, 6) is 1.07. The first-order chi connectivity index (χ1) is 11.2. The van der Waals surface area contributed by atoms with E-state index in [1.54, 1.807) is 49.6 Å². The molecule has 23 heavy (non-hydrogen) atoms. The summed E-state index contributed by atoms with van der Waals surface area (Å²) in [6.07, 6.45) is -0.724. The number of hydrogen-bond donors (Lipinski definition) is 3. The number of fused-ring (bicyclic) bond motifs is 1. The largest absolute Gasteiger partial charge is 0.497 e. The molecule has 0 saturated heterocycles. The van der Waals surface area contributed by atoms with E-state index in [9.17, 15) is 9.90 Å². The topological polar surface area (TPSA) is 87.2 Å². The van der Waals surface area contributed by atoms with Gasteiger partial charge in [-0.2, -0.15) is 0 Å². The van der Waals surface area contributed by atoms with Gasteiger partial charge in [0.15, 0.2) is 0 Å². The van der Waals surface area contributed by atoms with Crippen molar-refractivity contribution in [1.82, 2.24) is 9.97 Å². The number of anilines is 1. The number of aliphatic hydroxyl groups excluding tert-OH is 1. The standard InChI is InChI=1S/C17H17N3O3/c1-23-12-8-6-11(7-9-12)15(21)10-18-17-19-14-5-3-2-4-13(14)16(22)20-17/h2-9,15,21H,10H2,1H3,(H2,18,19,20,22)/t15-/m1/s1. The Balaban J connectivity index is 1.73. The van der Waals surface area contributed by atoms with Gasteiger partial charge in [0.25, 0.3) is 5.56 Å². The van der Waals surface area contributed by atoms with E-state index >= 15 is 0 Å². The number of benzene rings is 2. The molecule has 0 amide bonds. The number of hydrogen-bond acceptors (Lipinski definition) is 5. The molecular formula is C17H17N3O3. The van der Waals surface area contributed by atoms with E-state index < -0.39 is 6.10 Å². The highest BCUT2D eigenvalue weighted by molar-refractivity contribution is 5.78. The lowest BCUT2D eigenvalue weighted by molar-refractivity contribution is 0.191. The van der Waals surface area contributed by atoms with E-state index in [-0.39, 0.29) is 12.1 Å². The SMILES string of the molecule is COc1ccc([C@H](O)CNc2nc3ccccc3c(=O)[nH]2)cc1. The van der Waals surface area contributed by atoms with Crippen LogP contribution >= 0.6 is 0 Å². The molecule has 3 N–H and O–H groups in total. The van der Waals surface area contributed by atoms with Crippen LogP contribution in [0.15, 0.2) is 53.3 Å². The molecule has 0 unspecified atom stereocenters. The van der Waals surface area contributed by atoms with Crippen LogP contribution in [0.25, 0.3) is 10.9 Å². The number of H-pyrrole nitrogens is 1. The van der Waals surface area contributed by atoms with E-state index in [1.807, 2.05) is 6.07 Å². The Morgan fingerprint density at radius 2 is 1.96 bits per heavy atom. The number of aromatic nitrogens is 2. The van der Waals surface area contributed by atoms with Crippen molar-refractivity contribution in [3.05, 3.63) is 64.4 Å². The number of aromatic amines is 1. The molecule has 0 fully saturated rings. The van der Waals surface area contributed by atoms with Crippen molar-refractivity contribution >= 4 is 16.9 Å². The molecular weight excluding hydrogens is 294 g/mol. The molecule has 2 aromatic carbocycles. The van der Waals surface area contributed by atoms with Crippen molar-refractivity contribution in [2.45, 2.75) is 6.10 Å². The van der Waals surface area contributed by atoms with Gasteiger partial charge in [-0.3, -0.25) is 9.78 Å². The third kappa shape index (κ3) is 3.32. The lowest BCUT2D eigenvalue weighted by atomic mass is 10.1. The Morgan fingerprint density at radius 3 is 2.70 bits per heavy atom. The average molecular weight is 311 g/mol. The van der Waals surface area contributed by atoms with Crippen LogP contribution in [-0.2, 0) is 0 Å². The van der Waals surface area contributed by atoms with Gasteiger partial charge < -0.3 is 15.2 Å². The lowest BCUT2D eigenvalue weighted by Crippen LogP contribution is -2.17. The highest BCUT2D eigenvalue weighted by Crippen LogP contribution is 2.18. The Labute approximate surface area is 132 Å². The van der Waals surface area contributed by atoms with Gasteiger partial charge in [-0.25, -0.2) is 4.98 Å². The van der Waals surface area contributed by atoms with Crippen molar-refractivity contribution in [1.29, 1.82) is 0 Å². The van der Waals surface area contributed by atoms with Crippen LogP contribution in [0.3, 0.4) is 0 Å². The summed E-state index contributed by atoms with van der Waals surface area (Å²) in [5.41, 5.74) is 1.15. The summed E-state index contributed by atoms with van der Waals surface area (Å²) in [6, 6.07) is 14.3. The zero-order valence-electron chi connectivity index (χ0n) is 12.6. The fourth-order valence-electron chi connectivity index (χ4n) is 2.31. The fourth-order valence-corrected chi connectivity index (χ4v) is 2.31. The number of nitrogens with zero attached hydrogens (tertiary/aromatic N) is 1. The molecule has 118 valence electrons. The minimum atomic E-state index is -0.724. The van der Waals surface area contributed by atoms with Crippen LogP contribution in [-0.4, -0.2) is 28.7 Å². The normalized spacial score (nSPS) is 12.1. The second kappa shape index (κ2) is 6.50.